The van der Waals surface area contributed by atoms with Crippen molar-refractivity contribution in [2.75, 3.05) is 0 Å². The van der Waals surface area contributed by atoms with E-state index in [9.17, 15) is 13.0 Å². The van der Waals surface area contributed by atoms with E-state index in [2.05, 4.69) is 6.92 Å². The Morgan fingerprint density at radius 1 is 0.818 bits per heavy atom. The van der Waals surface area contributed by atoms with Crippen LogP contribution in [0.25, 0.3) is 0 Å². The SMILES string of the molecule is CCCCCCCCCCCc1ccc(S(=O)(=O)[O-])cc1.[K+]. The Morgan fingerprint density at radius 2 is 1.27 bits per heavy atom. The Balaban J connectivity index is 0.00000441. The van der Waals surface area contributed by atoms with Crippen LogP contribution in [0.4, 0.5) is 0 Å². The first-order chi connectivity index (χ1) is 10.0. The molecule has 0 aliphatic carbocycles. The summed E-state index contributed by atoms with van der Waals surface area (Å²) in [6.07, 6.45) is 12.6. The van der Waals surface area contributed by atoms with Crippen LogP contribution in [0.15, 0.2) is 29.2 Å². The summed E-state index contributed by atoms with van der Waals surface area (Å²) in [6.45, 7) is 2.24. The van der Waals surface area contributed by atoms with Gasteiger partial charge in [0.1, 0.15) is 10.1 Å². The quantitative estimate of drug-likeness (QED) is 0.346. The topological polar surface area (TPSA) is 57.2 Å². The Kier molecular flexibility index (Phi) is 13.6. The molecular formula is C17H27KO3S. The van der Waals surface area contributed by atoms with Crippen molar-refractivity contribution in [3.05, 3.63) is 29.8 Å². The van der Waals surface area contributed by atoms with Crippen LogP contribution in [0.1, 0.15) is 70.3 Å². The van der Waals surface area contributed by atoms with E-state index < -0.39 is 10.1 Å². The van der Waals surface area contributed by atoms with Gasteiger partial charge in [0.25, 0.3) is 0 Å². The first-order valence-corrected chi connectivity index (χ1v) is 9.49. The van der Waals surface area contributed by atoms with E-state index in [-0.39, 0.29) is 56.3 Å². The first-order valence-electron chi connectivity index (χ1n) is 8.09. The summed E-state index contributed by atoms with van der Waals surface area (Å²) in [4.78, 5) is -0.140. The van der Waals surface area contributed by atoms with Crippen molar-refractivity contribution in [3.63, 3.8) is 0 Å². The predicted octanol–water partition coefficient (Wildman–Crippen LogP) is 1.67. The van der Waals surface area contributed by atoms with Gasteiger partial charge in [-0.15, -0.1) is 0 Å². The number of hydrogen-bond acceptors (Lipinski definition) is 3. The molecule has 1 rings (SSSR count). The van der Waals surface area contributed by atoms with Gasteiger partial charge in [0, 0.05) is 0 Å². The van der Waals surface area contributed by atoms with Gasteiger partial charge in [0.2, 0.25) is 0 Å². The second-order valence-corrected chi connectivity index (χ2v) is 7.06. The van der Waals surface area contributed by atoms with Crippen molar-refractivity contribution in [1.29, 1.82) is 0 Å². The van der Waals surface area contributed by atoms with Crippen molar-refractivity contribution in [1.82, 2.24) is 0 Å². The Hall–Kier alpha value is 0.766. The smallest absolute Gasteiger partial charge is 0.744 e. The molecule has 0 unspecified atom stereocenters. The summed E-state index contributed by atoms with van der Waals surface area (Å²) >= 11 is 0. The normalized spacial score (nSPS) is 11.2. The van der Waals surface area contributed by atoms with Crippen LogP contribution in [-0.2, 0) is 16.5 Å². The summed E-state index contributed by atoms with van der Waals surface area (Å²) in [7, 11) is -4.31. The van der Waals surface area contributed by atoms with Crippen LogP contribution in [0.2, 0.25) is 0 Å². The molecule has 0 aliphatic rings. The minimum Gasteiger partial charge on any atom is -0.744 e. The van der Waals surface area contributed by atoms with Gasteiger partial charge in [0.05, 0.1) is 4.90 Å². The Labute approximate surface area is 178 Å². The first kappa shape index (κ1) is 22.8. The Morgan fingerprint density at radius 3 is 1.73 bits per heavy atom. The maximum Gasteiger partial charge on any atom is 1.00 e. The number of aryl methyl sites for hydroxylation is 1. The minimum absolute atomic E-state index is 0. The van der Waals surface area contributed by atoms with E-state index in [1.807, 2.05) is 0 Å². The predicted molar refractivity (Wildman–Crippen MR) is 85.3 cm³/mol. The van der Waals surface area contributed by atoms with Crippen LogP contribution in [-0.4, -0.2) is 13.0 Å². The minimum atomic E-state index is -4.31. The van der Waals surface area contributed by atoms with Gasteiger partial charge in [-0.1, -0.05) is 70.4 Å². The maximum atomic E-state index is 10.8. The summed E-state index contributed by atoms with van der Waals surface area (Å²) in [5.74, 6) is 0. The largest absolute Gasteiger partial charge is 1.00 e. The number of rotatable bonds is 11. The second-order valence-electron chi connectivity index (χ2n) is 5.68. The molecule has 0 saturated carbocycles. The molecule has 1 aromatic rings. The molecule has 1 aromatic carbocycles. The standard InChI is InChI=1S/C17H28O3S.K/c1-2-3-4-5-6-7-8-9-10-11-16-12-14-17(15-13-16)21(18,19)20;/h12-15H,2-11H2,1H3,(H,18,19,20);/q;+1/p-1. The fourth-order valence-corrected chi connectivity index (χ4v) is 2.93. The van der Waals surface area contributed by atoms with Gasteiger partial charge in [-0.25, -0.2) is 8.42 Å². The van der Waals surface area contributed by atoms with E-state index in [0.29, 0.717) is 0 Å². The molecule has 3 nitrogen and oxygen atoms in total. The molecule has 0 amide bonds. The molecule has 0 spiro atoms. The van der Waals surface area contributed by atoms with Gasteiger partial charge in [-0.2, -0.15) is 0 Å². The zero-order valence-electron chi connectivity index (χ0n) is 14.0. The molecule has 0 aromatic heterocycles. The van der Waals surface area contributed by atoms with E-state index >= 15 is 0 Å². The maximum absolute atomic E-state index is 10.8. The molecule has 0 fully saturated rings. The molecule has 0 atom stereocenters. The third-order valence-electron chi connectivity index (χ3n) is 3.78. The van der Waals surface area contributed by atoms with E-state index in [0.717, 1.165) is 18.4 Å². The van der Waals surface area contributed by atoms with Gasteiger partial charge < -0.3 is 4.55 Å². The van der Waals surface area contributed by atoms with Crippen LogP contribution in [0, 0.1) is 0 Å². The van der Waals surface area contributed by atoms with Gasteiger partial charge >= 0.3 is 51.4 Å². The van der Waals surface area contributed by atoms with Crippen LogP contribution >= 0.6 is 0 Å². The summed E-state index contributed by atoms with van der Waals surface area (Å²) in [6, 6.07) is 6.31. The van der Waals surface area contributed by atoms with Gasteiger partial charge in [-0.05, 0) is 30.5 Å². The summed E-state index contributed by atoms with van der Waals surface area (Å²) in [5.41, 5.74) is 1.10. The van der Waals surface area contributed by atoms with Crippen molar-refractivity contribution >= 4 is 10.1 Å². The van der Waals surface area contributed by atoms with E-state index in [1.165, 1.54) is 63.5 Å². The molecule has 0 bridgehead atoms. The third-order valence-corrected chi connectivity index (χ3v) is 4.63. The van der Waals surface area contributed by atoms with E-state index in [4.69, 9.17) is 0 Å². The Bertz CT molecular complexity index is 483. The summed E-state index contributed by atoms with van der Waals surface area (Å²) in [5, 5.41) is 0. The fraction of sp³-hybridized carbons (Fsp3) is 0.647. The molecule has 120 valence electrons. The third kappa shape index (κ3) is 10.5. The fourth-order valence-electron chi connectivity index (χ4n) is 2.46. The average molecular weight is 351 g/mol. The zero-order valence-corrected chi connectivity index (χ0v) is 18.0. The monoisotopic (exact) mass is 350 g/mol. The van der Waals surface area contributed by atoms with Crippen molar-refractivity contribution in [3.8, 4) is 0 Å². The molecular weight excluding hydrogens is 323 g/mol. The molecule has 0 heterocycles. The molecule has 0 aliphatic heterocycles. The number of benzene rings is 1. The molecule has 22 heavy (non-hydrogen) atoms. The second kappa shape index (κ2) is 13.1. The molecule has 0 N–H and O–H groups in total. The van der Waals surface area contributed by atoms with Crippen LogP contribution in [0.3, 0.4) is 0 Å². The molecule has 0 saturated heterocycles. The van der Waals surface area contributed by atoms with Crippen molar-refractivity contribution in [2.45, 2.75) is 76.0 Å². The van der Waals surface area contributed by atoms with E-state index in [1.54, 1.807) is 12.1 Å². The number of hydrogen-bond donors (Lipinski definition) is 0. The molecule has 0 radical (unpaired) electrons. The van der Waals surface area contributed by atoms with Gasteiger partial charge in [0.15, 0.2) is 0 Å². The average Bonchev–Trinajstić information content (AvgIpc) is 2.45. The molecule has 5 heteroatoms. The van der Waals surface area contributed by atoms with Gasteiger partial charge in [-0.3, -0.25) is 0 Å². The zero-order chi connectivity index (χ0) is 15.6. The summed E-state index contributed by atoms with van der Waals surface area (Å²) < 4.78 is 32.4. The number of unbranched alkanes of at least 4 members (excludes halogenated alkanes) is 8. The van der Waals surface area contributed by atoms with Crippen LogP contribution < -0.4 is 51.4 Å². The van der Waals surface area contributed by atoms with Crippen molar-refractivity contribution in [2.24, 2.45) is 0 Å². The van der Waals surface area contributed by atoms with Crippen molar-refractivity contribution < 1.29 is 64.4 Å². The van der Waals surface area contributed by atoms with Crippen LogP contribution in [0.5, 0.6) is 0 Å².